The van der Waals surface area contributed by atoms with E-state index < -0.39 is 0 Å². The lowest BCUT2D eigenvalue weighted by atomic mass is 10.2. The Labute approximate surface area is 126 Å². The molecule has 114 valence electrons. The summed E-state index contributed by atoms with van der Waals surface area (Å²) < 4.78 is 6.81. The third-order valence-electron chi connectivity index (χ3n) is 3.52. The predicted molar refractivity (Wildman–Crippen MR) is 82.6 cm³/mol. The fourth-order valence-corrected chi connectivity index (χ4v) is 2.42. The number of para-hydroxylation sites is 2. The minimum atomic E-state index is -0.161. The van der Waals surface area contributed by atoms with Gasteiger partial charge in [-0.05, 0) is 24.3 Å². The van der Waals surface area contributed by atoms with E-state index in [1.54, 1.807) is 16.9 Å². The number of aryl methyl sites for hydroxylation is 1. The number of furan rings is 1. The second-order valence-corrected chi connectivity index (χ2v) is 5.03. The van der Waals surface area contributed by atoms with Crippen LogP contribution in [0, 0.1) is 0 Å². The Bertz CT molecular complexity index is 815. The Morgan fingerprint density at radius 3 is 2.91 bits per heavy atom. The van der Waals surface area contributed by atoms with Crippen LogP contribution in [0.3, 0.4) is 0 Å². The summed E-state index contributed by atoms with van der Waals surface area (Å²) in [6, 6.07) is 11.1. The molecule has 0 saturated heterocycles. The molecule has 0 radical (unpaired) electrons. The third kappa shape index (κ3) is 3.11. The van der Waals surface area contributed by atoms with Crippen molar-refractivity contribution in [3.05, 3.63) is 58.9 Å². The largest absolute Gasteiger partial charge is 0.469 e. The molecule has 1 amide bonds. The van der Waals surface area contributed by atoms with Crippen molar-refractivity contribution < 1.29 is 9.21 Å². The van der Waals surface area contributed by atoms with Gasteiger partial charge in [-0.3, -0.25) is 9.36 Å². The van der Waals surface area contributed by atoms with E-state index in [2.05, 4.69) is 10.3 Å². The van der Waals surface area contributed by atoms with Crippen molar-refractivity contribution in [3.8, 4) is 0 Å². The number of fused-ring (bicyclic) bond motifs is 1. The van der Waals surface area contributed by atoms with E-state index in [-0.39, 0.29) is 11.6 Å². The molecule has 1 aromatic carbocycles. The lowest BCUT2D eigenvalue weighted by molar-refractivity contribution is -0.121. The summed E-state index contributed by atoms with van der Waals surface area (Å²) in [5, 5.41) is 2.82. The van der Waals surface area contributed by atoms with Crippen LogP contribution in [0.1, 0.15) is 12.2 Å². The molecule has 0 saturated carbocycles. The second kappa shape index (κ2) is 6.34. The lowest BCUT2D eigenvalue weighted by Crippen LogP contribution is -2.30. The number of carbonyl (C=O) groups excluding carboxylic acids is 1. The van der Waals surface area contributed by atoms with E-state index in [0.29, 0.717) is 25.9 Å². The smallest absolute Gasteiger partial charge is 0.326 e. The lowest BCUT2D eigenvalue weighted by Gasteiger charge is -2.06. The molecule has 22 heavy (non-hydrogen) atoms. The minimum absolute atomic E-state index is 0.0516. The maximum absolute atomic E-state index is 11.9. The topological polar surface area (TPSA) is 80.0 Å². The van der Waals surface area contributed by atoms with Crippen molar-refractivity contribution in [2.24, 2.45) is 0 Å². The summed E-state index contributed by atoms with van der Waals surface area (Å²) in [6.07, 6.45) is 2.54. The number of H-pyrrole nitrogens is 1. The standard InChI is InChI=1S/C16H17N3O3/c20-15(8-7-12-4-3-11-22-12)17-9-10-19-14-6-2-1-5-13(14)18-16(19)21/h1-6,11H,7-10H2,(H,17,20)(H,18,21). The van der Waals surface area contributed by atoms with Crippen LogP contribution in [-0.4, -0.2) is 22.0 Å². The number of nitrogens with one attached hydrogen (secondary N) is 2. The molecule has 2 aromatic heterocycles. The van der Waals surface area contributed by atoms with E-state index in [4.69, 9.17) is 4.42 Å². The van der Waals surface area contributed by atoms with Gasteiger partial charge in [-0.2, -0.15) is 0 Å². The molecule has 2 N–H and O–H groups in total. The average Bonchev–Trinajstić information content (AvgIpc) is 3.13. The monoisotopic (exact) mass is 299 g/mol. The number of hydrogen-bond acceptors (Lipinski definition) is 3. The van der Waals surface area contributed by atoms with Crippen LogP contribution in [0.5, 0.6) is 0 Å². The fraction of sp³-hybridized carbons (Fsp3) is 0.250. The number of amides is 1. The zero-order valence-corrected chi connectivity index (χ0v) is 12.0. The van der Waals surface area contributed by atoms with Crippen LogP contribution >= 0.6 is 0 Å². The summed E-state index contributed by atoms with van der Waals surface area (Å²) in [4.78, 5) is 26.4. The number of aromatic amines is 1. The van der Waals surface area contributed by atoms with Crippen LogP contribution in [0.4, 0.5) is 0 Å². The molecule has 2 heterocycles. The number of imidazole rings is 1. The molecule has 3 aromatic rings. The predicted octanol–water partition coefficient (Wildman–Crippen LogP) is 1.67. The highest BCUT2D eigenvalue weighted by molar-refractivity contribution is 5.76. The van der Waals surface area contributed by atoms with E-state index in [1.165, 1.54) is 0 Å². The van der Waals surface area contributed by atoms with Crippen LogP contribution in [0.2, 0.25) is 0 Å². The highest BCUT2D eigenvalue weighted by Gasteiger charge is 2.07. The van der Waals surface area contributed by atoms with E-state index in [9.17, 15) is 9.59 Å². The molecule has 3 rings (SSSR count). The van der Waals surface area contributed by atoms with Gasteiger partial charge in [-0.1, -0.05) is 12.1 Å². The highest BCUT2D eigenvalue weighted by Crippen LogP contribution is 2.08. The Morgan fingerprint density at radius 2 is 2.09 bits per heavy atom. The molecule has 0 unspecified atom stereocenters. The molecule has 6 heteroatoms. The molecule has 0 aliphatic rings. The first kappa shape index (κ1) is 14.2. The Morgan fingerprint density at radius 1 is 1.23 bits per heavy atom. The third-order valence-corrected chi connectivity index (χ3v) is 3.52. The highest BCUT2D eigenvalue weighted by atomic mass is 16.3. The number of carbonyl (C=O) groups is 1. The Balaban J connectivity index is 1.53. The SMILES string of the molecule is O=C(CCc1ccco1)NCCn1c(=O)[nH]c2ccccc21. The molecule has 0 fully saturated rings. The molecule has 0 spiro atoms. The van der Waals surface area contributed by atoms with Gasteiger partial charge in [0.2, 0.25) is 5.91 Å². The molecular formula is C16H17N3O3. The fourth-order valence-electron chi connectivity index (χ4n) is 2.42. The first-order valence-corrected chi connectivity index (χ1v) is 7.20. The normalized spacial score (nSPS) is 10.9. The van der Waals surface area contributed by atoms with Gasteiger partial charge >= 0.3 is 5.69 Å². The molecule has 0 atom stereocenters. The molecule has 0 bridgehead atoms. The summed E-state index contributed by atoms with van der Waals surface area (Å²) in [6.45, 7) is 0.855. The number of hydrogen-bond donors (Lipinski definition) is 2. The van der Waals surface area contributed by atoms with Gasteiger partial charge in [0, 0.05) is 25.9 Å². The van der Waals surface area contributed by atoms with Crippen molar-refractivity contribution in [1.29, 1.82) is 0 Å². The van der Waals surface area contributed by atoms with Crippen molar-refractivity contribution >= 4 is 16.9 Å². The van der Waals surface area contributed by atoms with Crippen LogP contribution < -0.4 is 11.0 Å². The van der Waals surface area contributed by atoms with E-state index in [0.717, 1.165) is 16.8 Å². The molecule has 0 aliphatic carbocycles. The van der Waals surface area contributed by atoms with Gasteiger partial charge in [0.15, 0.2) is 0 Å². The first-order chi connectivity index (χ1) is 10.7. The van der Waals surface area contributed by atoms with E-state index >= 15 is 0 Å². The summed E-state index contributed by atoms with van der Waals surface area (Å²) in [5.74, 6) is 0.743. The maximum Gasteiger partial charge on any atom is 0.326 e. The van der Waals surface area contributed by atoms with Gasteiger partial charge in [0.1, 0.15) is 5.76 Å². The summed E-state index contributed by atoms with van der Waals surface area (Å²) >= 11 is 0. The molecule has 6 nitrogen and oxygen atoms in total. The first-order valence-electron chi connectivity index (χ1n) is 7.20. The van der Waals surface area contributed by atoms with Crippen molar-refractivity contribution in [3.63, 3.8) is 0 Å². The Hall–Kier alpha value is -2.76. The van der Waals surface area contributed by atoms with Crippen LogP contribution in [0.25, 0.3) is 11.0 Å². The van der Waals surface area contributed by atoms with Crippen LogP contribution in [-0.2, 0) is 17.8 Å². The quantitative estimate of drug-likeness (QED) is 0.726. The maximum atomic E-state index is 11.9. The number of aromatic nitrogens is 2. The van der Waals surface area contributed by atoms with Gasteiger partial charge in [-0.25, -0.2) is 4.79 Å². The van der Waals surface area contributed by atoms with Gasteiger partial charge in [0.05, 0.1) is 17.3 Å². The average molecular weight is 299 g/mol. The van der Waals surface area contributed by atoms with E-state index in [1.807, 2.05) is 30.3 Å². The number of benzene rings is 1. The van der Waals surface area contributed by atoms with Crippen molar-refractivity contribution in [1.82, 2.24) is 14.9 Å². The summed E-state index contributed by atoms with van der Waals surface area (Å²) in [7, 11) is 0. The molecule has 0 aliphatic heterocycles. The molecular weight excluding hydrogens is 282 g/mol. The van der Waals surface area contributed by atoms with Crippen LogP contribution in [0.15, 0.2) is 51.9 Å². The van der Waals surface area contributed by atoms with Gasteiger partial charge < -0.3 is 14.7 Å². The van der Waals surface area contributed by atoms with Gasteiger partial charge in [-0.15, -0.1) is 0 Å². The number of rotatable bonds is 6. The second-order valence-electron chi connectivity index (χ2n) is 5.03. The van der Waals surface area contributed by atoms with Crippen molar-refractivity contribution in [2.75, 3.05) is 6.54 Å². The Kier molecular flexibility index (Phi) is 4.09. The zero-order chi connectivity index (χ0) is 15.4. The zero-order valence-electron chi connectivity index (χ0n) is 12.0. The number of nitrogens with zero attached hydrogens (tertiary/aromatic N) is 1. The summed E-state index contributed by atoms with van der Waals surface area (Å²) in [5.41, 5.74) is 1.49. The van der Waals surface area contributed by atoms with Gasteiger partial charge in [0.25, 0.3) is 0 Å². The van der Waals surface area contributed by atoms with Crippen molar-refractivity contribution in [2.45, 2.75) is 19.4 Å². The minimum Gasteiger partial charge on any atom is -0.469 e.